The number of nitrogens with one attached hydrogen (secondary N) is 1. The molecule has 0 amide bonds. The molecule has 0 heterocycles. The largest absolute Gasteiger partial charge is 0.376 e. The Morgan fingerprint density at radius 2 is 2.31 bits per heavy atom. The van der Waals surface area contributed by atoms with Gasteiger partial charge in [0, 0.05) is 24.7 Å². The summed E-state index contributed by atoms with van der Waals surface area (Å²) in [4.78, 5) is 10.2. The molecule has 7 heteroatoms. The summed E-state index contributed by atoms with van der Waals surface area (Å²) in [5.74, 6) is -0.488. The van der Waals surface area contributed by atoms with Crippen LogP contribution in [-0.4, -0.2) is 17.5 Å². The predicted molar refractivity (Wildman–Crippen MR) is 67.9 cm³/mol. The van der Waals surface area contributed by atoms with Gasteiger partial charge in [-0.15, -0.1) is 0 Å². The van der Waals surface area contributed by atoms with E-state index in [0.29, 0.717) is 6.54 Å². The van der Waals surface area contributed by atoms with Crippen LogP contribution in [0.4, 0.5) is 15.8 Å². The Kier molecular flexibility index (Phi) is 4.42. The summed E-state index contributed by atoms with van der Waals surface area (Å²) in [5.41, 5.74) is 5.39. The van der Waals surface area contributed by atoms with Crippen molar-refractivity contribution in [1.29, 1.82) is 0 Å². The smallest absolute Gasteiger partial charge is 0.293 e. The van der Waals surface area contributed by atoms with E-state index < -0.39 is 10.7 Å². The van der Waals surface area contributed by atoms with Crippen LogP contribution >= 0.6 is 22.6 Å². The Morgan fingerprint density at radius 3 is 2.81 bits per heavy atom. The van der Waals surface area contributed by atoms with E-state index in [9.17, 15) is 14.5 Å². The molecule has 1 rings (SSSR count). The Balaban J connectivity index is 3.14. The lowest BCUT2D eigenvalue weighted by atomic mass is 10.2. The number of hydrogen-bond acceptors (Lipinski definition) is 4. The van der Waals surface area contributed by atoms with E-state index in [0.717, 1.165) is 6.07 Å². The van der Waals surface area contributed by atoms with Gasteiger partial charge in [-0.2, -0.15) is 0 Å². The summed E-state index contributed by atoms with van der Waals surface area (Å²) in [6.07, 6.45) is 0. The van der Waals surface area contributed by atoms with Crippen LogP contribution in [0.2, 0.25) is 0 Å². The number of hydrogen-bond donors (Lipinski definition) is 2. The summed E-state index contributed by atoms with van der Waals surface area (Å²) >= 11 is 1.71. The van der Waals surface area contributed by atoms with Crippen LogP contribution in [0.15, 0.2) is 12.1 Å². The molecule has 0 aromatic heterocycles. The number of benzene rings is 1. The van der Waals surface area contributed by atoms with Crippen molar-refractivity contribution in [3.8, 4) is 0 Å². The van der Waals surface area contributed by atoms with Gasteiger partial charge < -0.3 is 11.1 Å². The molecule has 0 bridgehead atoms. The predicted octanol–water partition coefficient (Wildman–Crippen LogP) is 2.10. The number of nitrogens with two attached hydrogens (primary N) is 1. The third-order valence-electron chi connectivity index (χ3n) is 1.99. The number of rotatable bonds is 4. The van der Waals surface area contributed by atoms with E-state index in [-0.39, 0.29) is 21.0 Å². The highest BCUT2D eigenvalue weighted by molar-refractivity contribution is 14.1. The molecule has 0 saturated heterocycles. The summed E-state index contributed by atoms with van der Waals surface area (Å²) in [6, 6.07) is 2.16. The van der Waals surface area contributed by atoms with Crippen LogP contribution < -0.4 is 11.1 Å². The minimum absolute atomic E-state index is 0.147. The standard InChI is InChI=1S/C9H11FIN3O2/c1-5(4-12)13-8-2-6(10)7(11)3-9(8)14(15)16/h2-3,5,13H,4,12H2,1H3. The minimum atomic E-state index is -0.548. The molecule has 5 nitrogen and oxygen atoms in total. The number of nitro benzene ring substituents is 1. The molecular formula is C9H11FIN3O2. The number of nitro groups is 1. The highest BCUT2D eigenvalue weighted by Gasteiger charge is 2.18. The van der Waals surface area contributed by atoms with Crippen molar-refractivity contribution >= 4 is 34.0 Å². The van der Waals surface area contributed by atoms with Crippen molar-refractivity contribution in [2.75, 3.05) is 11.9 Å². The van der Waals surface area contributed by atoms with E-state index in [1.807, 2.05) is 0 Å². The van der Waals surface area contributed by atoms with Gasteiger partial charge in [0.1, 0.15) is 11.5 Å². The van der Waals surface area contributed by atoms with Crippen molar-refractivity contribution in [3.05, 3.63) is 31.6 Å². The first-order valence-electron chi connectivity index (χ1n) is 4.55. The second-order valence-electron chi connectivity index (χ2n) is 3.32. The molecule has 0 radical (unpaired) electrons. The second-order valence-corrected chi connectivity index (χ2v) is 4.48. The third-order valence-corrected chi connectivity index (χ3v) is 2.82. The van der Waals surface area contributed by atoms with Gasteiger partial charge in [-0.1, -0.05) is 0 Å². The topological polar surface area (TPSA) is 81.2 Å². The summed E-state index contributed by atoms with van der Waals surface area (Å²) in [6.45, 7) is 2.07. The lowest BCUT2D eigenvalue weighted by Crippen LogP contribution is -2.25. The Labute approximate surface area is 105 Å². The molecule has 0 aliphatic heterocycles. The van der Waals surface area contributed by atoms with Gasteiger partial charge in [0.05, 0.1) is 8.49 Å². The molecule has 16 heavy (non-hydrogen) atoms. The van der Waals surface area contributed by atoms with Gasteiger partial charge in [0.25, 0.3) is 5.69 Å². The average molecular weight is 339 g/mol. The number of nitrogens with zero attached hydrogens (tertiary/aromatic N) is 1. The zero-order valence-electron chi connectivity index (χ0n) is 8.54. The molecule has 1 aromatic carbocycles. The maximum Gasteiger partial charge on any atom is 0.293 e. The molecule has 0 fully saturated rings. The Bertz CT molecular complexity index is 414. The molecule has 88 valence electrons. The van der Waals surface area contributed by atoms with E-state index in [2.05, 4.69) is 5.32 Å². The van der Waals surface area contributed by atoms with Crippen LogP contribution in [-0.2, 0) is 0 Å². The van der Waals surface area contributed by atoms with Crippen molar-refractivity contribution < 1.29 is 9.31 Å². The van der Waals surface area contributed by atoms with Crippen LogP contribution in [0.1, 0.15) is 6.92 Å². The Hall–Kier alpha value is -0.960. The number of anilines is 1. The lowest BCUT2D eigenvalue weighted by Gasteiger charge is -2.13. The molecule has 0 aliphatic carbocycles. The van der Waals surface area contributed by atoms with Crippen LogP contribution in [0, 0.1) is 19.5 Å². The van der Waals surface area contributed by atoms with Crippen molar-refractivity contribution in [3.63, 3.8) is 0 Å². The molecule has 1 atom stereocenters. The van der Waals surface area contributed by atoms with E-state index in [1.165, 1.54) is 6.07 Å². The average Bonchev–Trinajstić information content (AvgIpc) is 2.22. The zero-order valence-corrected chi connectivity index (χ0v) is 10.7. The summed E-state index contributed by atoms with van der Waals surface area (Å²) in [7, 11) is 0. The van der Waals surface area contributed by atoms with Crippen LogP contribution in [0.5, 0.6) is 0 Å². The fourth-order valence-electron chi connectivity index (χ4n) is 1.13. The van der Waals surface area contributed by atoms with Gasteiger partial charge >= 0.3 is 0 Å². The number of halogens is 2. The fraction of sp³-hybridized carbons (Fsp3) is 0.333. The first-order chi connectivity index (χ1) is 7.45. The van der Waals surface area contributed by atoms with E-state index >= 15 is 0 Å². The van der Waals surface area contributed by atoms with Gasteiger partial charge in [0.2, 0.25) is 0 Å². The van der Waals surface area contributed by atoms with Crippen LogP contribution in [0.25, 0.3) is 0 Å². The monoisotopic (exact) mass is 339 g/mol. The SMILES string of the molecule is CC(CN)Nc1cc(F)c(I)cc1[N+](=O)[O-]. The first-order valence-corrected chi connectivity index (χ1v) is 5.63. The minimum Gasteiger partial charge on any atom is -0.376 e. The van der Waals surface area contributed by atoms with Crippen LogP contribution in [0.3, 0.4) is 0 Å². The van der Waals surface area contributed by atoms with E-state index in [1.54, 1.807) is 29.5 Å². The maximum atomic E-state index is 13.3. The fourth-order valence-corrected chi connectivity index (χ4v) is 1.58. The highest BCUT2D eigenvalue weighted by atomic mass is 127. The van der Waals surface area contributed by atoms with Gasteiger partial charge in [-0.05, 0) is 29.5 Å². The molecule has 1 unspecified atom stereocenters. The lowest BCUT2D eigenvalue weighted by molar-refractivity contribution is -0.384. The van der Waals surface area contributed by atoms with Crippen molar-refractivity contribution in [1.82, 2.24) is 0 Å². The highest BCUT2D eigenvalue weighted by Crippen LogP contribution is 2.28. The molecule has 0 aliphatic rings. The Morgan fingerprint density at radius 1 is 1.69 bits per heavy atom. The normalized spacial score (nSPS) is 12.2. The molecule has 0 saturated carbocycles. The summed E-state index contributed by atoms with van der Waals surface area (Å²) < 4.78 is 13.5. The van der Waals surface area contributed by atoms with Gasteiger partial charge in [-0.25, -0.2) is 4.39 Å². The van der Waals surface area contributed by atoms with Crippen molar-refractivity contribution in [2.24, 2.45) is 5.73 Å². The van der Waals surface area contributed by atoms with Crippen molar-refractivity contribution in [2.45, 2.75) is 13.0 Å². The maximum absolute atomic E-state index is 13.3. The zero-order chi connectivity index (χ0) is 12.3. The molecule has 0 spiro atoms. The molecular weight excluding hydrogens is 328 g/mol. The van der Waals surface area contributed by atoms with Gasteiger partial charge in [0.15, 0.2) is 0 Å². The summed E-state index contributed by atoms with van der Waals surface area (Å²) in [5, 5.41) is 13.6. The first kappa shape index (κ1) is 13.1. The quantitative estimate of drug-likeness (QED) is 0.500. The second kappa shape index (κ2) is 5.39. The van der Waals surface area contributed by atoms with Gasteiger partial charge in [-0.3, -0.25) is 10.1 Å². The molecule has 1 aromatic rings. The third kappa shape index (κ3) is 3.01. The molecule has 3 N–H and O–H groups in total. The van der Waals surface area contributed by atoms with E-state index in [4.69, 9.17) is 5.73 Å².